The molecule has 1 aromatic rings. The molecule has 1 heterocycles. The molecular weight excluding hydrogens is 330 g/mol. The highest BCUT2D eigenvalue weighted by Gasteiger charge is 2.28. The normalized spacial score (nSPS) is 20.8. The second-order valence-corrected chi connectivity index (χ2v) is 6.84. The summed E-state index contributed by atoms with van der Waals surface area (Å²) in [5.74, 6) is 3.35. The zero-order valence-corrected chi connectivity index (χ0v) is 14.2. The largest absolute Gasteiger partial charge is 0.481 e. The Kier molecular flexibility index (Phi) is 5.69. The molecule has 4 heteroatoms. The van der Waals surface area contributed by atoms with E-state index in [1.165, 1.54) is 0 Å². The first-order valence-corrected chi connectivity index (χ1v) is 8.01. The van der Waals surface area contributed by atoms with E-state index >= 15 is 0 Å². The van der Waals surface area contributed by atoms with Crippen molar-refractivity contribution < 1.29 is 9.47 Å². The maximum atomic E-state index is 5.75. The second kappa shape index (κ2) is 7.31. The van der Waals surface area contributed by atoms with Gasteiger partial charge in [-0.2, -0.15) is 0 Å². The molecule has 0 aromatic heterocycles. The van der Waals surface area contributed by atoms with Gasteiger partial charge in [-0.25, -0.2) is 0 Å². The first-order chi connectivity index (χ1) is 10.00. The third kappa shape index (κ3) is 5.03. The van der Waals surface area contributed by atoms with E-state index < -0.39 is 0 Å². The van der Waals surface area contributed by atoms with Crippen molar-refractivity contribution >= 4 is 15.9 Å². The SMILES string of the molecule is C#CCOc1ccc(Br)cc1CNC1CCOC(C)(C)C1. The third-order valence-electron chi connectivity index (χ3n) is 3.61. The van der Waals surface area contributed by atoms with Gasteiger partial charge in [0.25, 0.3) is 0 Å². The smallest absolute Gasteiger partial charge is 0.148 e. The maximum Gasteiger partial charge on any atom is 0.148 e. The molecule has 1 atom stereocenters. The van der Waals surface area contributed by atoms with Gasteiger partial charge in [-0.15, -0.1) is 6.42 Å². The minimum atomic E-state index is -0.0456. The number of hydrogen-bond donors (Lipinski definition) is 1. The predicted octanol–water partition coefficient (Wildman–Crippen LogP) is 3.51. The first-order valence-electron chi connectivity index (χ1n) is 7.22. The minimum absolute atomic E-state index is 0.0456. The first kappa shape index (κ1) is 16.4. The zero-order chi connectivity index (χ0) is 15.3. The van der Waals surface area contributed by atoms with Gasteiger partial charge < -0.3 is 14.8 Å². The summed E-state index contributed by atoms with van der Waals surface area (Å²) in [5.41, 5.74) is 1.07. The lowest BCUT2D eigenvalue weighted by Gasteiger charge is -2.36. The monoisotopic (exact) mass is 351 g/mol. The van der Waals surface area contributed by atoms with Gasteiger partial charge in [-0.3, -0.25) is 0 Å². The van der Waals surface area contributed by atoms with E-state index in [0.717, 1.165) is 41.8 Å². The molecule has 1 aliphatic heterocycles. The van der Waals surface area contributed by atoms with Gasteiger partial charge in [0.1, 0.15) is 12.4 Å². The molecule has 0 amide bonds. The highest BCUT2D eigenvalue weighted by atomic mass is 79.9. The molecule has 0 bridgehead atoms. The predicted molar refractivity (Wildman–Crippen MR) is 88.4 cm³/mol. The average molecular weight is 352 g/mol. The summed E-state index contributed by atoms with van der Waals surface area (Å²) < 4.78 is 12.4. The topological polar surface area (TPSA) is 30.5 Å². The summed E-state index contributed by atoms with van der Waals surface area (Å²) in [4.78, 5) is 0. The van der Waals surface area contributed by atoms with Crippen molar-refractivity contribution in [2.24, 2.45) is 0 Å². The highest BCUT2D eigenvalue weighted by molar-refractivity contribution is 9.10. The molecule has 1 saturated heterocycles. The van der Waals surface area contributed by atoms with Crippen LogP contribution >= 0.6 is 15.9 Å². The van der Waals surface area contributed by atoms with Gasteiger partial charge in [0.05, 0.1) is 5.60 Å². The molecule has 1 aromatic carbocycles. The Hall–Kier alpha value is -1.02. The average Bonchev–Trinajstić information content (AvgIpc) is 2.43. The summed E-state index contributed by atoms with van der Waals surface area (Å²) in [6.07, 6.45) is 7.32. The summed E-state index contributed by atoms with van der Waals surface area (Å²) in [6, 6.07) is 6.45. The Morgan fingerprint density at radius 2 is 2.33 bits per heavy atom. The van der Waals surface area contributed by atoms with E-state index in [4.69, 9.17) is 15.9 Å². The van der Waals surface area contributed by atoms with E-state index in [1.54, 1.807) is 0 Å². The number of benzene rings is 1. The second-order valence-electron chi connectivity index (χ2n) is 5.92. The lowest BCUT2D eigenvalue weighted by Crippen LogP contribution is -2.43. The van der Waals surface area contributed by atoms with Gasteiger partial charge in [0, 0.05) is 29.2 Å². The molecule has 3 nitrogen and oxygen atoms in total. The van der Waals surface area contributed by atoms with Crippen LogP contribution in [0.3, 0.4) is 0 Å². The van der Waals surface area contributed by atoms with Crippen LogP contribution in [-0.4, -0.2) is 24.9 Å². The quantitative estimate of drug-likeness (QED) is 0.823. The molecule has 1 fully saturated rings. The lowest BCUT2D eigenvalue weighted by atomic mass is 9.94. The molecule has 21 heavy (non-hydrogen) atoms. The Balaban J connectivity index is 1.98. The molecule has 1 aliphatic rings. The molecule has 114 valence electrons. The van der Waals surface area contributed by atoms with Gasteiger partial charge in [0.2, 0.25) is 0 Å². The van der Waals surface area contributed by atoms with Crippen LogP contribution in [0.4, 0.5) is 0 Å². The standard InChI is InChI=1S/C17H22BrNO2/c1-4-8-20-16-6-5-14(18)10-13(16)12-19-15-7-9-21-17(2,3)11-15/h1,5-6,10,15,19H,7-9,11-12H2,2-3H3. The van der Waals surface area contributed by atoms with Gasteiger partial charge in [-0.05, 0) is 44.9 Å². The highest BCUT2D eigenvalue weighted by Crippen LogP contribution is 2.26. The van der Waals surface area contributed by atoms with Gasteiger partial charge in [0.15, 0.2) is 0 Å². The fourth-order valence-electron chi connectivity index (χ4n) is 2.61. The summed E-state index contributed by atoms with van der Waals surface area (Å²) >= 11 is 3.50. The number of halogens is 1. The summed E-state index contributed by atoms with van der Waals surface area (Å²) in [7, 11) is 0. The van der Waals surface area contributed by atoms with Crippen LogP contribution in [0.15, 0.2) is 22.7 Å². The fraction of sp³-hybridized carbons (Fsp3) is 0.529. The molecule has 0 saturated carbocycles. The zero-order valence-electron chi connectivity index (χ0n) is 12.6. The van der Waals surface area contributed by atoms with E-state index in [0.29, 0.717) is 12.6 Å². The Morgan fingerprint density at radius 1 is 1.52 bits per heavy atom. The molecule has 1 unspecified atom stereocenters. The van der Waals surface area contributed by atoms with Crippen LogP contribution in [0.5, 0.6) is 5.75 Å². The van der Waals surface area contributed by atoms with Crippen LogP contribution in [-0.2, 0) is 11.3 Å². The number of terminal acetylenes is 1. The molecule has 0 spiro atoms. The van der Waals surface area contributed by atoms with Gasteiger partial charge >= 0.3 is 0 Å². The van der Waals surface area contributed by atoms with Crippen molar-refractivity contribution in [1.82, 2.24) is 5.32 Å². The molecule has 0 aliphatic carbocycles. The van der Waals surface area contributed by atoms with Crippen molar-refractivity contribution in [3.8, 4) is 18.1 Å². The minimum Gasteiger partial charge on any atom is -0.481 e. The Morgan fingerprint density at radius 3 is 3.05 bits per heavy atom. The van der Waals surface area contributed by atoms with E-state index in [-0.39, 0.29) is 5.60 Å². The van der Waals surface area contributed by atoms with Crippen molar-refractivity contribution in [3.63, 3.8) is 0 Å². The number of ether oxygens (including phenoxy) is 2. The van der Waals surface area contributed by atoms with Crippen molar-refractivity contribution in [2.75, 3.05) is 13.2 Å². The number of nitrogens with one attached hydrogen (secondary N) is 1. The third-order valence-corrected chi connectivity index (χ3v) is 4.11. The number of rotatable bonds is 5. The molecule has 2 rings (SSSR count). The molecule has 0 radical (unpaired) electrons. The van der Waals surface area contributed by atoms with Crippen LogP contribution < -0.4 is 10.1 Å². The lowest BCUT2D eigenvalue weighted by molar-refractivity contribution is -0.0630. The Labute approximate surface area is 135 Å². The fourth-order valence-corrected chi connectivity index (χ4v) is 3.02. The van der Waals surface area contributed by atoms with Crippen LogP contribution in [0.1, 0.15) is 32.3 Å². The molecule has 1 N–H and O–H groups in total. The summed E-state index contributed by atoms with van der Waals surface area (Å²) in [5, 5.41) is 3.61. The number of hydrogen-bond acceptors (Lipinski definition) is 3. The summed E-state index contributed by atoms with van der Waals surface area (Å²) in [6.45, 7) is 6.14. The van der Waals surface area contributed by atoms with Gasteiger partial charge in [-0.1, -0.05) is 21.9 Å². The van der Waals surface area contributed by atoms with Crippen LogP contribution in [0.25, 0.3) is 0 Å². The Bertz CT molecular complexity index is 522. The van der Waals surface area contributed by atoms with Crippen molar-refractivity contribution in [3.05, 3.63) is 28.2 Å². The van der Waals surface area contributed by atoms with E-state index in [9.17, 15) is 0 Å². The van der Waals surface area contributed by atoms with Crippen LogP contribution in [0.2, 0.25) is 0 Å². The van der Waals surface area contributed by atoms with Crippen molar-refractivity contribution in [1.29, 1.82) is 0 Å². The van der Waals surface area contributed by atoms with E-state index in [1.807, 2.05) is 12.1 Å². The van der Waals surface area contributed by atoms with Crippen LogP contribution in [0, 0.1) is 12.3 Å². The maximum absolute atomic E-state index is 5.75. The van der Waals surface area contributed by atoms with Crippen molar-refractivity contribution in [2.45, 2.75) is 44.9 Å². The molecular formula is C17H22BrNO2. The van der Waals surface area contributed by atoms with E-state index in [2.05, 4.69) is 47.1 Å².